The number of para-hydroxylation sites is 1. The Morgan fingerprint density at radius 1 is 1.32 bits per heavy atom. The average Bonchev–Trinajstić information content (AvgIpc) is 2.46. The number of ether oxygens (including phenoxy) is 1. The molecule has 0 spiro atoms. The van der Waals surface area contributed by atoms with Crippen molar-refractivity contribution in [2.24, 2.45) is 0 Å². The molecule has 7 nitrogen and oxygen atoms in total. The number of amides is 1. The number of nitrogens with zero attached hydrogens (tertiary/aromatic N) is 1. The predicted molar refractivity (Wildman–Crippen MR) is 78.3 cm³/mol. The predicted octanol–water partition coefficient (Wildman–Crippen LogP) is 0.164. The minimum Gasteiger partial charge on any atom is -0.481 e. The zero-order chi connectivity index (χ0) is 16.3. The molecule has 2 rings (SSSR count). The third kappa shape index (κ3) is 3.76. The van der Waals surface area contributed by atoms with Crippen molar-refractivity contribution in [3.8, 4) is 5.75 Å². The van der Waals surface area contributed by atoms with E-state index in [1.54, 1.807) is 30.3 Å². The lowest BCUT2D eigenvalue weighted by molar-refractivity contribution is -0.152. The summed E-state index contributed by atoms with van der Waals surface area (Å²) in [5, 5.41) is 9.16. The van der Waals surface area contributed by atoms with E-state index in [-0.39, 0.29) is 12.3 Å². The lowest BCUT2D eigenvalue weighted by Gasteiger charge is -2.34. The Bertz CT molecular complexity index is 657. The van der Waals surface area contributed by atoms with Crippen molar-refractivity contribution in [2.45, 2.75) is 19.1 Å². The number of carboxylic acids is 1. The molecule has 1 aromatic carbocycles. The molecule has 1 amide bonds. The van der Waals surface area contributed by atoms with E-state index < -0.39 is 39.6 Å². The van der Waals surface area contributed by atoms with Gasteiger partial charge in [0.2, 0.25) is 0 Å². The van der Waals surface area contributed by atoms with Crippen LogP contribution in [0.25, 0.3) is 0 Å². The highest BCUT2D eigenvalue weighted by Crippen LogP contribution is 2.17. The van der Waals surface area contributed by atoms with Crippen LogP contribution >= 0.6 is 0 Å². The molecule has 8 heteroatoms. The van der Waals surface area contributed by atoms with Crippen molar-refractivity contribution in [3.05, 3.63) is 30.3 Å². The van der Waals surface area contributed by atoms with E-state index >= 15 is 0 Å². The summed E-state index contributed by atoms with van der Waals surface area (Å²) >= 11 is 0. The van der Waals surface area contributed by atoms with Gasteiger partial charge in [0.15, 0.2) is 15.9 Å². The molecule has 1 fully saturated rings. The van der Waals surface area contributed by atoms with Crippen LogP contribution in [0.1, 0.15) is 6.92 Å². The minimum atomic E-state index is -3.44. The number of carbonyl (C=O) groups excluding carboxylic acids is 1. The summed E-state index contributed by atoms with van der Waals surface area (Å²) in [6, 6.07) is 7.29. The van der Waals surface area contributed by atoms with Gasteiger partial charge in [0.05, 0.1) is 11.5 Å². The Balaban J connectivity index is 2.11. The van der Waals surface area contributed by atoms with Crippen molar-refractivity contribution < 1.29 is 27.9 Å². The van der Waals surface area contributed by atoms with Crippen molar-refractivity contribution >= 4 is 21.7 Å². The highest BCUT2D eigenvalue weighted by atomic mass is 32.2. The Hall–Kier alpha value is -2.09. The standard InChI is InChI=1S/C14H17NO6S/c1-10(21-11-5-3-2-4-6-11)13(16)15-7-8-22(19,20)9-12(15)14(17)18/h2-6,10,12H,7-9H2,1H3,(H,17,18). The number of aliphatic carboxylic acids is 1. The summed E-state index contributed by atoms with van der Waals surface area (Å²) in [7, 11) is -3.44. The quantitative estimate of drug-likeness (QED) is 0.845. The van der Waals surface area contributed by atoms with Crippen LogP contribution in [0.5, 0.6) is 5.75 Å². The second kappa shape index (κ2) is 6.35. The zero-order valence-corrected chi connectivity index (χ0v) is 12.8. The summed E-state index contributed by atoms with van der Waals surface area (Å²) in [6.07, 6.45) is -0.898. The third-order valence-electron chi connectivity index (χ3n) is 3.40. The highest BCUT2D eigenvalue weighted by Gasteiger charge is 2.40. The van der Waals surface area contributed by atoms with Crippen LogP contribution in [0.2, 0.25) is 0 Å². The second-order valence-electron chi connectivity index (χ2n) is 5.07. The smallest absolute Gasteiger partial charge is 0.327 e. The largest absolute Gasteiger partial charge is 0.481 e. The monoisotopic (exact) mass is 327 g/mol. The fraction of sp³-hybridized carbons (Fsp3) is 0.429. The average molecular weight is 327 g/mol. The van der Waals surface area contributed by atoms with Gasteiger partial charge in [-0.15, -0.1) is 0 Å². The molecule has 0 aliphatic carbocycles. The molecule has 0 saturated carbocycles. The maximum Gasteiger partial charge on any atom is 0.327 e. The van der Waals surface area contributed by atoms with Gasteiger partial charge < -0.3 is 14.7 Å². The molecule has 120 valence electrons. The summed E-state index contributed by atoms with van der Waals surface area (Å²) in [6.45, 7) is 1.37. The molecule has 1 aliphatic rings. The molecule has 1 saturated heterocycles. The van der Waals surface area contributed by atoms with E-state index in [0.29, 0.717) is 5.75 Å². The highest BCUT2D eigenvalue weighted by molar-refractivity contribution is 7.91. The van der Waals surface area contributed by atoms with Gasteiger partial charge in [-0.1, -0.05) is 18.2 Å². The van der Waals surface area contributed by atoms with E-state index in [0.717, 1.165) is 4.90 Å². The van der Waals surface area contributed by atoms with Gasteiger partial charge in [-0.05, 0) is 19.1 Å². The zero-order valence-electron chi connectivity index (χ0n) is 12.0. The van der Waals surface area contributed by atoms with E-state index in [1.807, 2.05) is 0 Å². The first-order chi connectivity index (χ1) is 10.3. The molecule has 22 heavy (non-hydrogen) atoms. The van der Waals surface area contributed by atoms with Crippen LogP contribution < -0.4 is 4.74 Å². The Kier molecular flexibility index (Phi) is 4.70. The van der Waals surface area contributed by atoms with Gasteiger partial charge in [0, 0.05) is 6.54 Å². The van der Waals surface area contributed by atoms with Crippen LogP contribution in [0.15, 0.2) is 30.3 Å². The van der Waals surface area contributed by atoms with Gasteiger partial charge in [-0.3, -0.25) is 4.79 Å². The van der Waals surface area contributed by atoms with E-state index in [1.165, 1.54) is 6.92 Å². The number of hydrogen-bond donors (Lipinski definition) is 1. The Morgan fingerprint density at radius 3 is 2.55 bits per heavy atom. The van der Waals surface area contributed by atoms with Gasteiger partial charge >= 0.3 is 5.97 Å². The number of carboxylic acid groups (broad SMARTS) is 1. The fourth-order valence-electron chi connectivity index (χ4n) is 2.26. The van der Waals surface area contributed by atoms with Crippen LogP contribution in [0.3, 0.4) is 0 Å². The molecule has 2 atom stereocenters. The van der Waals surface area contributed by atoms with Crippen LogP contribution in [-0.2, 0) is 19.4 Å². The van der Waals surface area contributed by atoms with Crippen LogP contribution in [0, 0.1) is 0 Å². The maximum absolute atomic E-state index is 12.4. The first kappa shape index (κ1) is 16.3. The van der Waals surface area contributed by atoms with Crippen LogP contribution in [-0.4, -0.2) is 60.5 Å². The molecule has 1 N–H and O–H groups in total. The lowest BCUT2D eigenvalue weighted by Crippen LogP contribution is -2.57. The summed E-state index contributed by atoms with van der Waals surface area (Å²) in [5.74, 6) is -2.18. The van der Waals surface area contributed by atoms with Crippen molar-refractivity contribution in [3.63, 3.8) is 0 Å². The normalized spacial score (nSPS) is 21.9. The van der Waals surface area contributed by atoms with E-state index in [4.69, 9.17) is 9.84 Å². The fourth-order valence-corrected chi connectivity index (χ4v) is 3.71. The topological polar surface area (TPSA) is 101 Å². The number of rotatable bonds is 4. The van der Waals surface area contributed by atoms with E-state index in [2.05, 4.69) is 0 Å². The first-order valence-electron chi connectivity index (χ1n) is 6.75. The maximum atomic E-state index is 12.4. The first-order valence-corrected chi connectivity index (χ1v) is 8.58. The Morgan fingerprint density at radius 2 is 1.95 bits per heavy atom. The van der Waals surface area contributed by atoms with E-state index in [9.17, 15) is 18.0 Å². The van der Waals surface area contributed by atoms with Crippen molar-refractivity contribution in [1.29, 1.82) is 0 Å². The van der Waals surface area contributed by atoms with Gasteiger partial charge in [0.1, 0.15) is 11.8 Å². The number of hydrogen-bond acceptors (Lipinski definition) is 5. The lowest BCUT2D eigenvalue weighted by atomic mass is 10.2. The number of sulfone groups is 1. The molecule has 2 unspecified atom stereocenters. The Labute approximate surface area is 128 Å². The molecule has 0 bridgehead atoms. The molecule has 1 heterocycles. The summed E-state index contributed by atoms with van der Waals surface area (Å²) in [4.78, 5) is 24.7. The molecule has 1 aliphatic heterocycles. The molecular formula is C14H17NO6S. The number of carbonyl (C=O) groups is 2. The number of benzene rings is 1. The van der Waals surface area contributed by atoms with Crippen molar-refractivity contribution in [2.75, 3.05) is 18.1 Å². The van der Waals surface area contributed by atoms with Gasteiger partial charge in [0.25, 0.3) is 5.91 Å². The van der Waals surface area contributed by atoms with Gasteiger partial charge in [-0.2, -0.15) is 0 Å². The SMILES string of the molecule is CC(Oc1ccccc1)C(=O)N1CCS(=O)(=O)CC1C(=O)O. The molecule has 1 aromatic rings. The minimum absolute atomic E-state index is 0.138. The van der Waals surface area contributed by atoms with Crippen molar-refractivity contribution in [1.82, 2.24) is 4.90 Å². The second-order valence-corrected chi connectivity index (χ2v) is 7.30. The third-order valence-corrected chi connectivity index (χ3v) is 5.03. The molecule has 0 radical (unpaired) electrons. The summed E-state index contributed by atoms with van der Waals surface area (Å²) < 4.78 is 28.6. The molecular weight excluding hydrogens is 310 g/mol. The van der Waals surface area contributed by atoms with Crippen LogP contribution in [0.4, 0.5) is 0 Å². The molecule has 0 aromatic heterocycles. The van der Waals surface area contributed by atoms with Gasteiger partial charge in [-0.25, -0.2) is 13.2 Å². The summed E-state index contributed by atoms with van der Waals surface area (Å²) in [5.41, 5.74) is 0.